The number of carbonyl (C=O) groups is 1. The number of para-hydroxylation sites is 1. The van der Waals surface area contributed by atoms with Crippen LogP contribution in [0.2, 0.25) is 0 Å². The van der Waals surface area contributed by atoms with Crippen molar-refractivity contribution in [2.24, 2.45) is 5.92 Å². The van der Waals surface area contributed by atoms with Crippen molar-refractivity contribution in [2.75, 3.05) is 13.2 Å². The Balaban J connectivity index is 1.64. The first-order chi connectivity index (χ1) is 13.2. The van der Waals surface area contributed by atoms with Gasteiger partial charge in [-0.3, -0.25) is 14.6 Å². The second-order valence-corrected chi connectivity index (χ2v) is 6.66. The van der Waals surface area contributed by atoms with Gasteiger partial charge in [-0.25, -0.2) is 0 Å². The lowest BCUT2D eigenvalue weighted by molar-refractivity contribution is 0.0509. The molecule has 0 spiro atoms. The van der Waals surface area contributed by atoms with Crippen molar-refractivity contribution in [1.82, 2.24) is 10.3 Å². The molecule has 0 radical (unpaired) electrons. The Morgan fingerprint density at radius 2 is 1.96 bits per heavy atom. The zero-order valence-electron chi connectivity index (χ0n) is 14.8. The molecule has 1 N–H and O–H groups in total. The number of pyridine rings is 1. The molecule has 1 saturated heterocycles. The summed E-state index contributed by atoms with van der Waals surface area (Å²) in [5.41, 5.74) is 1.10. The molecule has 2 aromatic heterocycles. The van der Waals surface area contributed by atoms with Gasteiger partial charge in [-0.05, 0) is 42.5 Å². The molecule has 1 fully saturated rings. The van der Waals surface area contributed by atoms with Gasteiger partial charge in [-0.2, -0.15) is 0 Å². The Labute approximate surface area is 156 Å². The molecule has 1 aliphatic rings. The second kappa shape index (κ2) is 7.72. The number of hydrogen-bond acceptors (Lipinski definition) is 5. The summed E-state index contributed by atoms with van der Waals surface area (Å²) >= 11 is 0. The van der Waals surface area contributed by atoms with Crippen molar-refractivity contribution in [3.63, 3.8) is 0 Å². The van der Waals surface area contributed by atoms with Gasteiger partial charge < -0.3 is 14.5 Å². The van der Waals surface area contributed by atoms with Gasteiger partial charge in [0.15, 0.2) is 11.2 Å². The van der Waals surface area contributed by atoms with Crippen molar-refractivity contribution >= 4 is 16.9 Å². The molecule has 4 rings (SSSR count). The first kappa shape index (κ1) is 17.4. The van der Waals surface area contributed by atoms with Gasteiger partial charge in [0.1, 0.15) is 5.58 Å². The minimum atomic E-state index is -0.404. The van der Waals surface area contributed by atoms with E-state index in [2.05, 4.69) is 10.3 Å². The van der Waals surface area contributed by atoms with Gasteiger partial charge in [0.2, 0.25) is 0 Å². The molecule has 138 valence electrons. The predicted octanol–water partition coefficient (Wildman–Crippen LogP) is 3.09. The van der Waals surface area contributed by atoms with E-state index in [9.17, 15) is 9.59 Å². The Morgan fingerprint density at radius 3 is 2.74 bits per heavy atom. The molecule has 3 aromatic rings. The highest BCUT2D eigenvalue weighted by atomic mass is 16.5. The topological polar surface area (TPSA) is 81.4 Å². The fourth-order valence-corrected chi connectivity index (χ4v) is 3.51. The standard InChI is InChI=1S/C21H20N2O4/c24-17-12-19(27-18-6-2-1-5-16(17)18)21(25)23-20(14-7-10-26-11-8-14)15-4-3-9-22-13-15/h1-6,9,12-14,20H,7-8,10-11H2,(H,23,25)/t20-/m0/s1. The third-order valence-corrected chi connectivity index (χ3v) is 4.93. The lowest BCUT2D eigenvalue weighted by atomic mass is 9.87. The predicted molar refractivity (Wildman–Crippen MR) is 100 cm³/mol. The number of ether oxygens (including phenoxy) is 1. The third kappa shape index (κ3) is 3.75. The van der Waals surface area contributed by atoms with E-state index >= 15 is 0 Å². The van der Waals surface area contributed by atoms with Crippen molar-refractivity contribution < 1.29 is 13.9 Å². The lowest BCUT2D eigenvalue weighted by Gasteiger charge is -2.31. The van der Waals surface area contributed by atoms with E-state index in [-0.39, 0.29) is 23.1 Å². The minimum absolute atomic E-state index is 0.0136. The van der Waals surface area contributed by atoms with E-state index in [0.29, 0.717) is 24.2 Å². The maximum absolute atomic E-state index is 12.9. The molecule has 1 aromatic carbocycles. The second-order valence-electron chi connectivity index (χ2n) is 6.66. The number of nitrogens with zero attached hydrogens (tertiary/aromatic N) is 1. The summed E-state index contributed by atoms with van der Waals surface area (Å²) in [6, 6.07) is 11.7. The fraction of sp³-hybridized carbons (Fsp3) is 0.286. The van der Waals surface area contributed by atoms with Gasteiger partial charge in [0.05, 0.1) is 11.4 Å². The molecule has 1 amide bonds. The molecular formula is C21H20N2O4. The molecule has 0 saturated carbocycles. The highest BCUT2D eigenvalue weighted by Gasteiger charge is 2.28. The largest absolute Gasteiger partial charge is 0.451 e. The summed E-state index contributed by atoms with van der Waals surface area (Å²) in [5, 5.41) is 3.50. The van der Waals surface area contributed by atoms with E-state index in [0.717, 1.165) is 18.4 Å². The number of hydrogen-bond donors (Lipinski definition) is 1. The molecule has 1 atom stereocenters. The number of fused-ring (bicyclic) bond motifs is 1. The summed E-state index contributed by atoms with van der Waals surface area (Å²) in [6.45, 7) is 1.34. The quantitative estimate of drug-likeness (QED) is 0.769. The Kier molecular flexibility index (Phi) is 4.98. The first-order valence-corrected chi connectivity index (χ1v) is 9.04. The first-order valence-electron chi connectivity index (χ1n) is 9.04. The maximum atomic E-state index is 12.9. The zero-order chi connectivity index (χ0) is 18.6. The van der Waals surface area contributed by atoms with Gasteiger partial charge >= 0.3 is 0 Å². The van der Waals surface area contributed by atoms with E-state index in [1.54, 1.807) is 36.7 Å². The lowest BCUT2D eigenvalue weighted by Crippen LogP contribution is -2.36. The summed E-state index contributed by atoms with van der Waals surface area (Å²) in [6.07, 6.45) is 5.16. The molecule has 6 heteroatoms. The van der Waals surface area contributed by atoms with Crippen molar-refractivity contribution in [2.45, 2.75) is 18.9 Å². The van der Waals surface area contributed by atoms with Gasteiger partial charge in [0.25, 0.3) is 5.91 Å². The van der Waals surface area contributed by atoms with E-state index in [1.807, 2.05) is 12.1 Å². The van der Waals surface area contributed by atoms with E-state index < -0.39 is 5.91 Å². The molecule has 0 aliphatic carbocycles. The van der Waals surface area contributed by atoms with E-state index in [4.69, 9.17) is 9.15 Å². The fourth-order valence-electron chi connectivity index (χ4n) is 3.51. The van der Waals surface area contributed by atoms with Crippen LogP contribution in [0.5, 0.6) is 0 Å². The van der Waals surface area contributed by atoms with Crippen LogP contribution in [0.15, 0.2) is 64.1 Å². The van der Waals surface area contributed by atoms with E-state index in [1.165, 1.54) is 6.07 Å². The van der Waals surface area contributed by atoms with Crippen LogP contribution in [0.1, 0.15) is 35.0 Å². The number of benzene rings is 1. The van der Waals surface area contributed by atoms with Crippen LogP contribution >= 0.6 is 0 Å². The SMILES string of the molecule is O=C(N[C@H](c1cccnc1)C1CCOCC1)c1cc(=O)c2ccccc2o1. The number of rotatable bonds is 4. The summed E-state index contributed by atoms with van der Waals surface area (Å²) < 4.78 is 11.1. The number of carbonyl (C=O) groups excluding carboxylic acids is 1. The normalized spacial score (nSPS) is 16.1. The minimum Gasteiger partial charge on any atom is -0.451 e. The Hall–Kier alpha value is -2.99. The third-order valence-electron chi connectivity index (χ3n) is 4.93. The molecule has 3 heterocycles. The number of nitrogens with one attached hydrogen (secondary N) is 1. The van der Waals surface area contributed by atoms with Gasteiger partial charge in [-0.1, -0.05) is 18.2 Å². The molecule has 27 heavy (non-hydrogen) atoms. The van der Waals surface area contributed by atoms with Crippen molar-refractivity contribution in [3.8, 4) is 0 Å². The van der Waals surface area contributed by atoms with Crippen LogP contribution < -0.4 is 10.7 Å². The molecule has 1 aliphatic heterocycles. The van der Waals surface area contributed by atoms with Gasteiger partial charge in [-0.15, -0.1) is 0 Å². The Bertz CT molecular complexity index is 994. The average Bonchev–Trinajstić information content (AvgIpc) is 2.73. The highest BCUT2D eigenvalue weighted by Crippen LogP contribution is 2.30. The Morgan fingerprint density at radius 1 is 1.15 bits per heavy atom. The van der Waals surface area contributed by atoms with Crippen LogP contribution in [-0.2, 0) is 4.74 Å². The molecular weight excluding hydrogens is 344 g/mol. The zero-order valence-corrected chi connectivity index (χ0v) is 14.8. The van der Waals surface area contributed by atoms with Crippen LogP contribution in [0.4, 0.5) is 0 Å². The maximum Gasteiger partial charge on any atom is 0.287 e. The summed E-state index contributed by atoms with van der Waals surface area (Å²) in [7, 11) is 0. The number of aromatic nitrogens is 1. The van der Waals surface area contributed by atoms with Crippen LogP contribution in [-0.4, -0.2) is 24.1 Å². The van der Waals surface area contributed by atoms with Crippen LogP contribution in [0.3, 0.4) is 0 Å². The molecule has 6 nitrogen and oxygen atoms in total. The molecule has 0 unspecified atom stereocenters. The number of amides is 1. The smallest absolute Gasteiger partial charge is 0.287 e. The monoisotopic (exact) mass is 364 g/mol. The average molecular weight is 364 g/mol. The van der Waals surface area contributed by atoms with Crippen LogP contribution in [0.25, 0.3) is 11.0 Å². The summed E-state index contributed by atoms with van der Waals surface area (Å²) in [4.78, 5) is 29.3. The highest BCUT2D eigenvalue weighted by molar-refractivity contribution is 5.93. The molecule has 0 bridgehead atoms. The van der Waals surface area contributed by atoms with Crippen molar-refractivity contribution in [1.29, 1.82) is 0 Å². The van der Waals surface area contributed by atoms with Crippen molar-refractivity contribution in [3.05, 3.63) is 76.4 Å². The summed E-state index contributed by atoms with van der Waals surface area (Å²) in [5.74, 6) is -0.156. The van der Waals surface area contributed by atoms with Gasteiger partial charge in [0, 0.05) is 31.7 Å². The van der Waals surface area contributed by atoms with Crippen LogP contribution in [0, 0.1) is 5.92 Å².